The van der Waals surface area contributed by atoms with Gasteiger partial charge in [0.15, 0.2) is 0 Å². The highest BCUT2D eigenvalue weighted by Gasteiger charge is 2.50. The molecule has 3 aromatic rings. The first-order valence-electron chi connectivity index (χ1n) is 13.9. The maximum atomic E-state index is 13.3. The van der Waals surface area contributed by atoms with E-state index in [0.717, 1.165) is 12.0 Å². The molecule has 0 spiro atoms. The molecular formula is C33H41NO4Si. The summed E-state index contributed by atoms with van der Waals surface area (Å²) >= 11 is 0. The maximum Gasteiger partial charge on any atom is 0.417 e. The van der Waals surface area contributed by atoms with Crippen LogP contribution in [0.1, 0.15) is 59.1 Å². The molecule has 3 atom stereocenters. The van der Waals surface area contributed by atoms with Crippen LogP contribution in [0.5, 0.6) is 0 Å². The molecule has 0 aliphatic carbocycles. The van der Waals surface area contributed by atoms with Crippen LogP contribution in [0, 0.1) is 11.8 Å². The van der Waals surface area contributed by atoms with Gasteiger partial charge in [-0.25, -0.2) is 9.69 Å². The third-order valence-corrected chi connectivity index (χ3v) is 12.7. The highest BCUT2D eigenvalue weighted by molar-refractivity contribution is 6.99. The highest BCUT2D eigenvalue weighted by atomic mass is 28.4. The monoisotopic (exact) mass is 543 g/mol. The van der Waals surface area contributed by atoms with Crippen LogP contribution in [0.4, 0.5) is 4.79 Å². The summed E-state index contributed by atoms with van der Waals surface area (Å²) in [6.07, 6.45) is 0.564. The predicted octanol–water partition coefficient (Wildman–Crippen LogP) is 6.34. The Bertz CT molecular complexity index is 1190. The average Bonchev–Trinajstić information content (AvgIpc) is 3.31. The lowest BCUT2D eigenvalue weighted by molar-refractivity contribution is -0.130. The molecule has 1 heterocycles. The van der Waals surface area contributed by atoms with Gasteiger partial charge in [0.25, 0.3) is 8.32 Å². The largest absolute Gasteiger partial charge is 0.446 e. The van der Waals surface area contributed by atoms with Crippen LogP contribution >= 0.6 is 0 Å². The Labute approximate surface area is 234 Å². The van der Waals surface area contributed by atoms with Crippen molar-refractivity contribution in [2.24, 2.45) is 11.8 Å². The molecule has 1 aliphatic rings. The number of carbonyl (C=O) groups is 2. The fraction of sp³-hybridized carbons (Fsp3) is 0.394. The van der Waals surface area contributed by atoms with Gasteiger partial charge in [0, 0.05) is 13.0 Å². The van der Waals surface area contributed by atoms with Crippen molar-refractivity contribution >= 4 is 30.7 Å². The Hall–Kier alpha value is -3.22. The topological polar surface area (TPSA) is 55.8 Å². The first kappa shape index (κ1) is 28.8. The third-order valence-electron chi connectivity index (χ3n) is 7.66. The molecule has 6 heteroatoms. The first-order valence-corrected chi connectivity index (χ1v) is 15.8. The third kappa shape index (κ3) is 6.34. The number of cyclic esters (lactones) is 1. The Morgan fingerprint density at radius 3 is 1.92 bits per heavy atom. The van der Waals surface area contributed by atoms with Crippen molar-refractivity contribution in [3.8, 4) is 0 Å². The molecule has 206 valence electrons. The molecule has 5 nitrogen and oxygen atoms in total. The number of hydrogen-bond acceptors (Lipinski definition) is 4. The van der Waals surface area contributed by atoms with E-state index in [0.29, 0.717) is 13.0 Å². The smallest absolute Gasteiger partial charge is 0.417 e. The second kappa shape index (κ2) is 12.3. The minimum absolute atomic E-state index is 0.0838. The summed E-state index contributed by atoms with van der Waals surface area (Å²) in [7, 11) is -2.61. The van der Waals surface area contributed by atoms with Crippen molar-refractivity contribution in [1.29, 1.82) is 0 Å². The fourth-order valence-electron chi connectivity index (χ4n) is 5.88. The number of ether oxygens (including phenoxy) is 1. The van der Waals surface area contributed by atoms with Crippen molar-refractivity contribution in [1.82, 2.24) is 4.90 Å². The molecule has 0 N–H and O–H groups in total. The van der Waals surface area contributed by atoms with Gasteiger partial charge in [0.2, 0.25) is 5.91 Å². The lowest BCUT2D eigenvalue weighted by atomic mass is 9.94. The van der Waals surface area contributed by atoms with Gasteiger partial charge in [0.05, 0.1) is 0 Å². The Morgan fingerprint density at radius 2 is 1.41 bits per heavy atom. The average molecular weight is 544 g/mol. The van der Waals surface area contributed by atoms with Crippen LogP contribution in [-0.4, -0.2) is 38.4 Å². The zero-order valence-corrected chi connectivity index (χ0v) is 24.8. The zero-order chi connectivity index (χ0) is 28.0. The van der Waals surface area contributed by atoms with Gasteiger partial charge in [-0.3, -0.25) is 4.79 Å². The quantitative estimate of drug-likeness (QED) is 0.280. The molecule has 0 unspecified atom stereocenters. The molecule has 1 fully saturated rings. The standard InChI is InChI=1S/C33H41NO4Si/c1-25(22-31(35)34-30(24-37-32(34)36)27-15-9-6-10-16-27)21-26(2)23-38-39(33(3,4)5,28-17-11-7-12-18-28)29-19-13-8-14-20-29/h6-20,25-26,30H,21-24H2,1-5H3/t25-,26+,30-/m0/s1. The molecular weight excluding hydrogens is 502 g/mol. The highest BCUT2D eigenvalue weighted by Crippen LogP contribution is 2.37. The van der Waals surface area contributed by atoms with E-state index in [2.05, 4.69) is 95.3 Å². The van der Waals surface area contributed by atoms with Gasteiger partial charge < -0.3 is 9.16 Å². The number of nitrogens with zero attached hydrogens (tertiary/aromatic N) is 1. The van der Waals surface area contributed by atoms with Crippen LogP contribution in [-0.2, 0) is 14.0 Å². The molecule has 1 saturated heterocycles. The van der Waals surface area contributed by atoms with E-state index in [9.17, 15) is 9.59 Å². The van der Waals surface area contributed by atoms with E-state index in [1.54, 1.807) is 0 Å². The Balaban J connectivity index is 1.45. The van der Waals surface area contributed by atoms with Crippen LogP contribution in [0.2, 0.25) is 5.04 Å². The normalized spacial score (nSPS) is 17.5. The summed E-state index contributed by atoms with van der Waals surface area (Å²) in [5, 5.41) is 2.44. The molecule has 0 aromatic heterocycles. The van der Waals surface area contributed by atoms with Crippen LogP contribution in [0.3, 0.4) is 0 Å². The molecule has 3 aromatic carbocycles. The molecule has 0 bridgehead atoms. The van der Waals surface area contributed by atoms with Gasteiger partial charge in [-0.2, -0.15) is 0 Å². The fourth-order valence-corrected chi connectivity index (χ4v) is 10.6. The second-order valence-corrected chi connectivity index (χ2v) is 16.2. The van der Waals surface area contributed by atoms with Crippen LogP contribution in [0.15, 0.2) is 91.0 Å². The number of rotatable bonds is 10. The lowest BCUT2D eigenvalue weighted by Gasteiger charge is -2.43. The van der Waals surface area contributed by atoms with Gasteiger partial charge in [-0.15, -0.1) is 0 Å². The summed E-state index contributed by atoms with van der Waals surface area (Å²) in [4.78, 5) is 27.0. The van der Waals surface area contributed by atoms with E-state index in [1.807, 2.05) is 30.3 Å². The van der Waals surface area contributed by atoms with Crippen molar-refractivity contribution in [3.63, 3.8) is 0 Å². The van der Waals surface area contributed by atoms with Gasteiger partial charge in [-0.1, -0.05) is 126 Å². The SMILES string of the molecule is C[C@H](CC(=O)N1C(=O)OC[C@H]1c1ccccc1)C[C@@H](C)CO[Si](c1ccccc1)(c1ccccc1)C(C)(C)C. The molecule has 4 rings (SSSR count). The van der Waals surface area contributed by atoms with E-state index in [-0.39, 0.29) is 35.4 Å². The summed E-state index contributed by atoms with van der Waals surface area (Å²) in [5.41, 5.74) is 0.913. The predicted molar refractivity (Wildman–Crippen MR) is 159 cm³/mol. The minimum atomic E-state index is -2.61. The van der Waals surface area contributed by atoms with Crippen molar-refractivity contribution in [2.45, 2.75) is 58.5 Å². The minimum Gasteiger partial charge on any atom is -0.446 e. The van der Waals surface area contributed by atoms with Crippen molar-refractivity contribution < 1.29 is 18.8 Å². The summed E-state index contributed by atoms with van der Waals surface area (Å²) in [6.45, 7) is 11.9. The van der Waals surface area contributed by atoms with E-state index in [4.69, 9.17) is 9.16 Å². The lowest BCUT2D eigenvalue weighted by Crippen LogP contribution is -2.66. The zero-order valence-electron chi connectivity index (χ0n) is 23.8. The molecule has 2 amide bonds. The number of imide groups is 1. The Kier molecular flexibility index (Phi) is 9.08. The van der Waals surface area contributed by atoms with Crippen LogP contribution < -0.4 is 10.4 Å². The summed E-state index contributed by atoms with van der Waals surface area (Å²) in [5.74, 6) is 0.156. The molecule has 0 radical (unpaired) electrons. The summed E-state index contributed by atoms with van der Waals surface area (Å²) in [6, 6.07) is 30.5. The number of hydrogen-bond donors (Lipinski definition) is 0. The van der Waals surface area contributed by atoms with E-state index in [1.165, 1.54) is 15.3 Å². The molecule has 39 heavy (non-hydrogen) atoms. The Morgan fingerprint density at radius 1 is 0.897 bits per heavy atom. The van der Waals surface area contributed by atoms with Crippen LogP contribution in [0.25, 0.3) is 0 Å². The second-order valence-electron chi connectivity index (χ2n) is 11.9. The van der Waals surface area contributed by atoms with E-state index < -0.39 is 14.4 Å². The van der Waals surface area contributed by atoms with Gasteiger partial charge in [0.1, 0.15) is 12.6 Å². The van der Waals surface area contributed by atoms with Crippen molar-refractivity contribution in [2.75, 3.05) is 13.2 Å². The number of carbonyl (C=O) groups excluding carboxylic acids is 2. The van der Waals surface area contributed by atoms with Gasteiger partial charge >= 0.3 is 6.09 Å². The maximum absolute atomic E-state index is 13.3. The number of benzene rings is 3. The first-order chi connectivity index (χ1) is 18.6. The number of amides is 2. The van der Waals surface area contributed by atoms with Crippen molar-refractivity contribution in [3.05, 3.63) is 96.6 Å². The molecule has 1 aliphatic heterocycles. The summed E-state index contributed by atoms with van der Waals surface area (Å²) < 4.78 is 12.4. The van der Waals surface area contributed by atoms with E-state index >= 15 is 0 Å². The molecule has 0 saturated carbocycles. The van der Waals surface area contributed by atoms with Gasteiger partial charge in [-0.05, 0) is 39.2 Å².